The van der Waals surface area contributed by atoms with Crippen molar-refractivity contribution in [3.8, 4) is 0 Å². The van der Waals surface area contributed by atoms with Crippen LogP contribution in [0.3, 0.4) is 0 Å². The van der Waals surface area contributed by atoms with Crippen molar-refractivity contribution in [3.05, 3.63) is 34.6 Å². The molecule has 7 heteroatoms. The fourth-order valence-corrected chi connectivity index (χ4v) is 4.36. The van der Waals surface area contributed by atoms with E-state index in [9.17, 15) is 4.39 Å². The normalized spacial score (nSPS) is 22.2. The Morgan fingerprint density at radius 2 is 2.22 bits per heavy atom. The summed E-state index contributed by atoms with van der Waals surface area (Å²) in [5.41, 5.74) is 0.580. The molecule has 1 aromatic carbocycles. The number of hydrogen-bond donors (Lipinski definition) is 1. The maximum Gasteiger partial charge on any atom is 0.193 e. The Hall–Kier alpha value is -1.37. The van der Waals surface area contributed by atoms with Crippen molar-refractivity contribution in [2.24, 2.45) is 10.9 Å². The van der Waals surface area contributed by atoms with Crippen LogP contribution in [0.2, 0.25) is 5.02 Å². The van der Waals surface area contributed by atoms with Crippen LogP contribution in [0.15, 0.2) is 23.2 Å². The topological polar surface area (TPSA) is 40.1 Å². The molecule has 150 valence electrons. The Kier molecular flexibility index (Phi) is 7.33. The molecule has 1 aromatic rings. The predicted octanol–water partition coefficient (Wildman–Crippen LogP) is 3.16. The van der Waals surface area contributed by atoms with Gasteiger partial charge in [0.2, 0.25) is 0 Å². The van der Waals surface area contributed by atoms with E-state index in [2.05, 4.69) is 20.1 Å². The molecule has 2 atom stereocenters. The van der Waals surface area contributed by atoms with Crippen LogP contribution in [0, 0.1) is 11.7 Å². The molecule has 0 radical (unpaired) electrons. The SMILES string of the molecule is CN=C(NCC(c1c(F)cccc1Cl)N1CCCC1)N(C)CC1CCOC1. The number of rotatable bonds is 6. The second kappa shape index (κ2) is 9.71. The average molecular weight is 397 g/mol. The van der Waals surface area contributed by atoms with Crippen molar-refractivity contribution in [1.29, 1.82) is 0 Å². The van der Waals surface area contributed by atoms with Gasteiger partial charge in [-0.25, -0.2) is 4.39 Å². The van der Waals surface area contributed by atoms with Crippen molar-refractivity contribution in [1.82, 2.24) is 15.1 Å². The minimum absolute atomic E-state index is 0.110. The van der Waals surface area contributed by atoms with Gasteiger partial charge >= 0.3 is 0 Å². The lowest BCUT2D eigenvalue weighted by atomic mass is 10.0. The molecule has 0 spiro atoms. The lowest BCUT2D eigenvalue weighted by Crippen LogP contribution is -2.45. The summed E-state index contributed by atoms with van der Waals surface area (Å²) in [7, 11) is 3.82. The summed E-state index contributed by atoms with van der Waals surface area (Å²) in [5.74, 6) is 1.11. The zero-order valence-corrected chi connectivity index (χ0v) is 17.0. The molecule has 0 saturated carbocycles. The fraction of sp³-hybridized carbons (Fsp3) is 0.650. The first-order valence-electron chi connectivity index (χ1n) is 9.77. The van der Waals surface area contributed by atoms with Crippen molar-refractivity contribution in [2.75, 3.05) is 53.5 Å². The van der Waals surface area contributed by atoms with E-state index in [4.69, 9.17) is 16.3 Å². The van der Waals surface area contributed by atoms with Gasteiger partial charge in [-0.2, -0.15) is 0 Å². The van der Waals surface area contributed by atoms with E-state index in [1.807, 2.05) is 7.05 Å². The smallest absolute Gasteiger partial charge is 0.193 e. The molecule has 2 unspecified atom stereocenters. The summed E-state index contributed by atoms with van der Waals surface area (Å²) in [6, 6.07) is 4.81. The van der Waals surface area contributed by atoms with Crippen molar-refractivity contribution in [3.63, 3.8) is 0 Å². The van der Waals surface area contributed by atoms with Crippen LogP contribution in [0.5, 0.6) is 0 Å². The summed E-state index contributed by atoms with van der Waals surface area (Å²) in [4.78, 5) is 8.86. The molecule has 0 amide bonds. The third-order valence-electron chi connectivity index (χ3n) is 5.50. The molecular formula is C20H30ClFN4O. The van der Waals surface area contributed by atoms with Gasteiger partial charge in [-0.05, 0) is 44.5 Å². The first-order valence-corrected chi connectivity index (χ1v) is 10.2. The van der Waals surface area contributed by atoms with Crippen molar-refractivity contribution in [2.45, 2.75) is 25.3 Å². The van der Waals surface area contributed by atoms with E-state index in [0.717, 1.165) is 58.1 Å². The number of likely N-dealkylation sites (tertiary alicyclic amines) is 1. The number of nitrogens with zero attached hydrogens (tertiary/aromatic N) is 3. The van der Waals surface area contributed by atoms with Gasteiger partial charge < -0.3 is 15.0 Å². The molecule has 2 saturated heterocycles. The fourth-order valence-electron chi connectivity index (χ4n) is 4.07. The molecule has 3 rings (SSSR count). The summed E-state index contributed by atoms with van der Waals surface area (Å²) in [6.07, 6.45) is 3.36. The third-order valence-corrected chi connectivity index (χ3v) is 5.83. The molecule has 2 aliphatic heterocycles. The van der Waals surface area contributed by atoms with Gasteiger partial charge in [0.15, 0.2) is 5.96 Å². The molecule has 2 aliphatic rings. The molecule has 0 aromatic heterocycles. The van der Waals surface area contributed by atoms with Gasteiger partial charge in [-0.15, -0.1) is 0 Å². The first-order chi connectivity index (χ1) is 13.1. The number of ether oxygens (including phenoxy) is 1. The average Bonchev–Trinajstić information content (AvgIpc) is 3.34. The Bertz CT molecular complexity index is 625. The van der Waals surface area contributed by atoms with Crippen LogP contribution < -0.4 is 5.32 Å². The van der Waals surface area contributed by atoms with Crippen molar-refractivity contribution >= 4 is 17.6 Å². The predicted molar refractivity (Wildman–Crippen MR) is 108 cm³/mol. The molecule has 2 fully saturated rings. The van der Waals surface area contributed by atoms with Crippen molar-refractivity contribution < 1.29 is 9.13 Å². The summed E-state index contributed by atoms with van der Waals surface area (Å²) in [6.45, 7) is 5.04. The Labute approximate surface area is 166 Å². The summed E-state index contributed by atoms with van der Waals surface area (Å²) in [5, 5.41) is 3.93. The van der Waals surface area contributed by atoms with E-state index in [1.165, 1.54) is 6.07 Å². The van der Waals surface area contributed by atoms with E-state index < -0.39 is 0 Å². The van der Waals surface area contributed by atoms with Crippen LogP contribution >= 0.6 is 11.6 Å². The quantitative estimate of drug-likeness (QED) is 0.592. The molecule has 0 bridgehead atoms. The van der Waals surface area contributed by atoms with Crippen LogP contribution in [-0.2, 0) is 4.74 Å². The standard InChI is InChI=1S/C20H30ClFN4O/c1-23-20(25(2)13-15-8-11-27-14-15)24-12-18(26-9-3-4-10-26)19-16(21)6-5-7-17(19)22/h5-7,15,18H,3-4,8-14H2,1-2H3,(H,23,24). The van der Waals surface area contributed by atoms with E-state index in [1.54, 1.807) is 19.2 Å². The zero-order valence-electron chi connectivity index (χ0n) is 16.3. The highest BCUT2D eigenvalue weighted by atomic mass is 35.5. The van der Waals surface area contributed by atoms with Crippen LogP contribution in [0.25, 0.3) is 0 Å². The lowest BCUT2D eigenvalue weighted by Gasteiger charge is -2.31. The lowest BCUT2D eigenvalue weighted by molar-refractivity contribution is 0.181. The minimum Gasteiger partial charge on any atom is -0.381 e. The number of guanidine groups is 1. The molecule has 1 N–H and O–H groups in total. The van der Waals surface area contributed by atoms with Gasteiger partial charge in [-0.1, -0.05) is 17.7 Å². The Morgan fingerprint density at radius 3 is 2.85 bits per heavy atom. The number of nitrogens with one attached hydrogen (secondary N) is 1. The molecule has 5 nitrogen and oxygen atoms in total. The van der Waals surface area contributed by atoms with Crippen LogP contribution in [-0.4, -0.2) is 69.2 Å². The van der Waals surface area contributed by atoms with Gasteiger partial charge in [0.25, 0.3) is 0 Å². The summed E-state index contributed by atoms with van der Waals surface area (Å²) >= 11 is 6.38. The Balaban J connectivity index is 1.70. The van der Waals surface area contributed by atoms with E-state index in [0.29, 0.717) is 23.0 Å². The monoisotopic (exact) mass is 396 g/mol. The highest BCUT2D eigenvalue weighted by molar-refractivity contribution is 6.31. The maximum absolute atomic E-state index is 14.6. The van der Waals surface area contributed by atoms with Gasteiger partial charge in [-0.3, -0.25) is 9.89 Å². The molecule has 0 aliphatic carbocycles. The second-order valence-corrected chi connectivity index (χ2v) is 7.84. The minimum atomic E-state index is -0.243. The van der Waals surface area contributed by atoms with Gasteiger partial charge in [0, 0.05) is 50.3 Å². The molecule has 2 heterocycles. The molecular weight excluding hydrogens is 367 g/mol. The van der Waals surface area contributed by atoms with Gasteiger partial charge in [0.05, 0.1) is 12.6 Å². The summed E-state index contributed by atoms with van der Waals surface area (Å²) < 4.78 is 20.1. The van der Waals surface area contributed by atoms with E-state index >= 15 is 0 Å². The Morgan fingerprint density at radius 1 is 1.44 bits per heavy atom. The van der Waals surface area contributed by atoms with Crippen LogP contribution in [0.4, 0.5) is 4.39 Å². The van der Waals surface area contributed by atoms with E-state index in [-0.39, 0.29) is 11.9 Å². The first kappa shape index (κ1) is 20.4. The second-order valence-electron chi connectivity index (χ2n) is 7.43. The maximum atomic E-state index is 14.6. The molecule has 27 heavy (non-hydrogen) atoms. The largest absolute Gasteiger partial charge is 0.381 e. The third kappa shape index (κ3) is 5.12. The highest BCUT2D eigenvalue weighted by Gasteiger charge is 2.28. The number of halogens is 2. The number of benzene rings is 1. The zero-order chi connectivity index (χ0) is 19.2. The number of aliphatic imine (C=N–C) groups is 1. The van der Waals surface area contributed by atoms with Crippen LogP contribution in [0.1, 0.15) is 30.9 Å². The highest BCUT2D eigenvalue weighted by Crippen LogP contribution is 2.32. The van der Waals surface area contributed by atoms with Gasteiger partial charge in [0.1, 0.15) is 5.82 Å². The number of hydrogen-bond acceptors (Lipinski definition) is 3.